The second-order valence-electron chi connectivity index (χ2n) is 3.44. The highest BCUT2D eigenvalue weighted by Crippen LogP contribution is 2.28. The number of ether oxygens (including phenoxy) is 1. The van der Waals surface area contributed by atoms with Crippen LogP contribution in [0.4, 0.5) is 0 Å². The minimum atomic E-state index is 0.342. The Morgan fingerprint density at radius 1 is 1.24 bits per heavy atom. The summed E-state index contributed by atoms with van der Waals surface area (Å²) in [5.74, 6) is 1.26. The lowest BCUT2D eigenvalue weighted by atomic mass is 10.2. The summed E-state index contributed by atoms with van der Waals surface area (Å²) in [6.45, 7) is 0.693. The van der Waals surface area contributed by atoms with Gasteiger partial charge >= 0.3 is 0 Å². The normalized spacial score (nSPS) is 10.5. The lowest BCUT2D eigenvalue weighted by molar-refractivity contribution is 0.302. The molecule has 0 aliphatic carbocycles. The number of nitrogens with two attached hydrogens (primary N) is 1. The van der Waals surface area contributed by atoms with Gasteiger partial charge in [0.15, 0.2) is 0 Å². The maximum Gasteiger partial charge on any atom is 0.139 e. The Labute approximate surface area is 109 Å². The van der Waals surface area contributed by atoms with E-state index in [1.165, 1.54) is 0 Å². The monoisotopic (exact) mass is 271 g/mol. The fraction of sp³-hybridized carbons (Fsp3) is 0.167. The van der Waals surface area contributed by atoms with Gasteiger partial charge in [0.25, 0.3) is 0 Å². The maximum absolute atomic E-state index is 5.98. The van der Waals surface area contributed by atoms with E-state index in [4.69, 9.17) is 38.1 Å². The van der Waals surface area contributed by atoms with Crippen LogP contribution in [0.15, 0.2) is 34.9 Å². The van der Waals surface area contributed by atoms with Crippen LogP contribution in [0.1, 0.15) is 11.3 Å². The predicted molar refractivity (Wildman–Crippen MR) is 67.4 cm³/mol. The second kappa shape index (κ2) is 5.45. The summed E-state index contributed by atoms with van der Waals surface area (Å²) in [5, 5.41) is 1.10. The maximum atomic E-state index is 5.98. The van der Waals surface area contributed by atoms with Crippen LogP contribution in [0, 0.1) is 0 Å². The summed E-state index contributed by atoms with van der Waals surface area (Å²) >= 11 is 11.8. The van der Waals surface area contributed by atoms with E-state index in [0.717, 1.165) is 5.56 Å². The Bertz CT molecular complexity index is 511. The molecule has 5 heteroatoms. The molecule has 3 nitrogen and oxygen atoms in total. The van der Waals surface area contributed by atoms with Crippen molar-refractivity contribution in [1.82, 2.24) is 0 Å². The van der Waals surface area contributed by atoms with Crippen LogP contribution in [-0.4, -0.2) is 0 Å². The van der Waals surface area contributed by atoms with E-state index in [1.807, 2.05) is 6.07 Å². The van der Waals surface area contributed by atoms with Crippen molar-refractivity contribution in [3.63, 3.8) is 0 Å². The van der Waals surface area contributed by atoms with Crippen LogP contribution < -0.4 is 10.5 Å². The third kappa shape index (κ3) is 2.94. The number of hydrogen-bond donors (Lipinski definition) is 1. The highest BCUT2D eigenvalue weighted by Gasteiger charge is 2.07. The Kier molecular flexibility index (Phi) is 3.94. The fourth-order valence-electron chi connectivity index (χ4n) is 1.42. The third-order valence-corrected chi connectivity index (χ3v) is 2.85. The Morgan fingerprint density at radius 3 is 2.82 bits per heavy atom. The van der Waals surface area contributed by atoms with Crippen molar-refractivity contribution >= 4 is 23.2 Å². The van der Waals surface area contributed by atoms with Gasteiger partial charge in [-0.1, -0.05) is 23.2 Å². The lowest BCUT2D eigenvalue weighted by Gasteiger charge is -2.08. The van der Waals surface area contributed by atoms with Gasteiger partial charge in [0.05, 0.1) is 17.8 Å². The lowest BCUT2D eigenvalue weighted by Crippen LogP contribution is -2.02. The fourth-order valence-corrected chi connectivity index (χ4v) is 1.75. The first-order chi connectivity index (χ1) is 8.20. The summed E-state index contributed by atoms with van der Waals surface area (Å²) in [6, 6.07) is 6.89. The molecule has 90 valence electrons. The van der Waals surface area contributed by atoms with E-state index in [2.05, 4.69) is 0 Å². The van der Waals surface area contributed by atoms with Gasteiger partial charge in [-0.25, -0.2) is 0 Å². The van der Waals surface area contributed by atoms with Crippen LogP contribution >= 0.6 is 23.2 Å². The molecule has 2 rings (SSSR count). The van der Waals surface area contributed by atoms with Gasteiger partial charge in [-0.2, -0.15) is 0 Å². The Balaban J connectivity index is 2.09. The highest BCUT2D eigenvalue weighted by molar-refractivity contribution is 6.34. The molecule has 17 heavy (non-hydrogen) atoms. The molecule has 0 atom stereocenters. The standard InChI is InChI=1S/C12H11Cl2NO2/c13-9-1-2-10(14)11(5-9)17-7-8-3-4-16-12(8)6-15/h1-5H,6-7,15H2. The number of benzene rings is 1. The molecule has 1 aromatic heterocycles. The first-order valence-corrected chi connectivity index (χ1v) is 5.79. The Hall–Kier alpha value is -1.16. The average Bonchev–Trinajstić information content (AvgIpc) is 2.77. The van der Waals surface area contributed by atoms with E-state index >= 15 is 0 Å². The number of rotatable bonds is 4. The van der Waals surface area contributed by atoms with Crippen molar-refractivity contribution in [2.45, 2.75) is 13.2 Å². The molecule has 0 unspecified atom stereocenters. The van der Waals surface area contributed by atoms with Gasteiger partial charge in [-0.05, 0) is 18.2 Å². The molecule has 1 aromatic carbocycles. The highest BCUT2D eigenvalue weighted by atomic mass is 35.5. The molecule has 0 saturated carbocycles. The molecule has 0 saturated heterocycles. The number of halogens is 2. The molecule has 0 bridgehead atoms. The molecule has 2 aromatic rings. The number of furan rings is 1. The van der Waals surface area contributed by atoms with Crippen LogP contribution in [0.25, 0.3) is 0 Å². The second-order valence-corrected chi connectivity index (χ2v) is 4.28. The molecule has 0 radical (unpaired) electrons. The zero-order valence-corrected chi connectivity index (χ0v) is 10.5. The molecular formula is C12H11Cl2NO2. The van der Waals surface area contributed by atoms with Gasteiger partial charge in [0.2, 0.25) is 0 Å². The van der Waals surface area contributed by atoms with E-state index in [-0.39, 0.29) is 0 Å². The molecule has 2 N–H and O–H groups in total. The van der Waals surface area contributed by atoms with E-state index in [1.54, 1.807) is 24.5 Å². The zero-order valence-electron chi connectivity index (χ0n) is 8.95. The van der Waals surface area contributed by atoms with E-state index in [0.29, 0.717) is 34.7 Å². The summed E-state index contributed by atoms with van der Waals surface area (Å²) in [4.78, 5) is 0. The van der Waals surface area contributed by atoms with Crippen molar-refractivity contribution in [2.24, 2.45) is 5.73 Å². The molecule has 0 aliphatic heterocycles. The average molecular weight is 272 g/mol. The van der Waals surface area contributed by atoms with Gasteiger partial charge in [0, 0.05) is 16.7 Å². The van der Waals surface area contributed by atoms with Crippen molar-refractivity contribution in [3.05, 3.63) is 51.9 Å². The molecule has 1 heterocycles. The van der Waals surface area contributed by atoms with Gasteiger partial charge in [-0.3, -0.25) is 0 Å². The molecule has 0 spiro atoms. The topological polar surface area (TPSA) is 48.4 Å². The summed E-state index contributed by atoms with van der Waals surface area (Å²) in [5.41, 5.74) is 6.43. The quantitative estimate of drug-likeness (QED) is 0.924. The third-order valence-electron chi connectivity index (χ3n) is 2.30. The van der Waals surface area contributed by atoms with Crippen LogP contribution in [-0.2, 0) is 13.2 Å². The number of hydrogen-bond acceptors (Lipinski definition) is 3. The molecule has 0 aliphatic rings. The summed E-state index contributed by atoms with van der Waals surface area (Å²) < 4.78 is 10.8. The summed E-state index contributed by atoms with van der Waals surface area (Å²) in [6.07, 6.45) is 1.58. The Morgan fingerprint density at radius 2 is 2.06 bits per heavy atom. The largest absolute Gasteiger partial charge is 0.487 e. The van der Waals surface area contributed by atoms with E-state index < -0.39 is 0 Å². The molecular weight excluding hydrogens is 261 g/mol. The molecule has 0 fully saturated rings. The van der Waals surface area contributed by atoms with Crippen molar-refractivity contribution < 1.29 is 9.15 Å². The van der Waals surface area contributed by atoms with Crippen LogP contribution in [0.2, 0.25) is 10.0 Å². The van der Waals surface area contributed by atoms with Crippen LogP contribution in [0.3, 0.4) is 0 Å². The van der Waals surface area contributed by atoms with E-state index in [9.17, 15) is 0 Å². The van der Waals surface area contributed by atoms with Gasteiger partial charge in [-0.15, -0.1) is 0 Å². The minimum Gasteiger partial charge on any atom is -0.487 e. The minimum absolute atomic E-state index is 0.342. The van der Waals surface area contributed by atoms with Gasteiger partial charge < -0.3 is 14.9 Å². The smallest absolute Gasteiger partial charge is 0.139 e. The van der Waals surface area contributed by atoms with Crippen molar-refractivity contribution in [3.8, 4) is 5.75 Å². The van der Waals surface area contributed by atoms with Gasteiger partial charge in [0.1, 0.15) is 18.1 Å². The van der Waals surface area contributed by atoms with Crippen LogP contribution in [0.5, 0.6) is 5.75 Å². The van der Waals surface area contributed by atoms with Crippen molar-refractivity contribution in [1.29, 1.82) is 0 Å². The zero-order chi connectivity index (χ0) is 12.3. The summed E-state index contributed by atoms with van der Waals surface area (Å²) in [7, 11) is 0. The molecule has 0 amide bonds. The van der Waals surface area contributed by atoms with Crippen molar-refractivity contribution in [2.75, 3.05) is 0 Å². The first kappa shape index (κ1) is 12.3. The predicted octanol–water partition coefficient (Wildman–Crippen LogP) is 3.62. The first-order valence-electron chi connectivity index (χ1n) is 5.04. The SMILES string of the molecule is NCc1occc1COc1cc(Cl)ccc1Cl.